The van der Waals surface area contributed by atoms with Gasteiger partial charge in [-0.1, -0.05) is 42.1 Å². The van der Waals surface area contributed by atoms with E-state index in [9.17, 15) is 4.79 Å². The highest BCUT2D eigenvalue weighted by Crippen LogP contribution is 2.22. The van der Waals surface area contributed by atoms with Crippen LogP contribution in [0.25, 0.3) is 5.69 Å². The molecule has 130 valence electrons. The third kappa shape index (κ3) is 4.13. The molecule has 1 heterocycles. The number of aromatic nitrogens is 2. The number of aryl methyl sites for hydroxylation is 1. The number of anilines is 1. The number of hydrogen-bond donors (Lipinski definition) is 0. The summed E-state index contributed by atoms with van der Waals surface area (Å²) in [6.45, 7) is 2.06. The minimum atomic E-state index is -0.124. The zero-order chi connectivity index (χ0) is 18.4. The van der Waals surface area contributed by atoms with E-state index in [1.54, 1.807) is 6.20 Å². The van der Waals surface area contributed by atoms with Crippen LogP contribution >= 0.6 is 11.8 Å². The Hall–Kier alpha value is -3.04. The van der Waals surface area contributed by atoms with Gasteiger partial charge in [0.25, 0.3) is 0 Å². The van der Waals surface area contributed by atoms with Gasteiger partial charge >= 0.3 is 0 Å². The van der Waals surface area contributed by atoms with E-state index < -0.39 is 0 Å². The van der Waals surface area contributed by atoms with E-state index in [-0.39, 0.29) is 18.2 Å². The smallest absolute Gasteiger partial charge is 0.238 e. The van der Waals surface area contributed by atoms with Gasteiger partial charge in [0, 0.05) is 23.8 Å². The number of carbonyl (C=O) groups excluding carboxylic acids is 1. The van der Waals surface area contributed by atoms with Crippen molar-refractivity contribution in [1.29, 1.82) is 5.26 Å². The predicted molar refractivity (Wildman–Crippen MR) is 103 cm³/mol. The van der Waals surface area contributed by atoms with Crippen molar-refractivity contribution in [3.8, 4) is 11.8 Å². The molecule has 0 aliphatic carbocycles. The van der Waals surface area contributed by atoms with Gasteiger partial charge in [-0.15, -0.1) is 0 Å². The van der Waals surface area contributed by atoms with E-state index in [0.717, 1.165) is 22.1 Å². The van der Waals surface area contributed by atoms with Crippen molar-refractivity contribution in [3.05, 3.63) is 72.6 Å². The molecular weight excluding hydrogens is 344 g/mol. The van der Waals surface area contributed by atoms with Gasteiger partial charge in [-0.2, -0.15) is 5.26 Å². The summed E-state index contributed by atoms with van der Waals surface area (Å²) in [4.78, 5) is 18.5. The fraction of sp³-hybridized carbons (Fsp3) is 0.150. The molecule has 0 radical (unpaired) electrons. The van der Waals surface area contributed by atoms with Crippen molar-refractivity contribution in [2.75, 3.05) is 17.2 Å². The molecule has 26 heavy (non-hydrogen) atoms. The maximum Gasteiger partial charge on any atom is 0.238 e. The lowest BCUT2D eigenvalue weighted by molar-refractivity contribution is -0.116. The molecule has 0 fully saturated rings. The molecule has 0 saturated carbocycles. The zero-order valence-electron chi connectivity index (χ0n) is 14.4. The monoisotopic (exact) mass is 362 g/mol. The van der Waals surface area contributed by atoms with Crippen LogP contribution in [-0.4, -0.2) is 27.8 Å². The van der Waals surface area contributed by atoms with Crippen LogP contribution in [0.15, 0.2) is 72.1 Å². The normalized spacial score (nSPS) is 10.3. The third-order valence-corrected chi connectivity index (χ3v) is 4.76. The van der Waals surface area contributed by atoms with Crippen molar-refractivity contribution < 1.29 is 4.79 Å². The third-order valence-electron chi connectivity index (χ3n) is 3.81. The highest BCUT2D eigenvalue weighted by Gasteiger charge is 2.17. The second kappa shape index (κ2) is 8.37. The van der Waals surface area contributed by atoms with Crippen LogP contribution in [0.2, 0.25) is 0 Å². The van der Waals surface area contributed by atoms with Crippen molar-refractivity contribution in [1.82, 2.24) is 9.55 Å². The average molecular weight is 362 g/mol. The minimum Gasteiger partial charge on any atom is -0.298 e. The number of imidazole rings is 1. The van der Waals surface area contributed by atoms with Gasteiger partial charge in [-0.05, 0) is 36.8 Å². The molecule has 1 aromatic heterocycles. The van der Waals surface area contributed by atoms with E-state index in [4.69, 9.17) is 5.26 Å². The predicted octanol–water partition coefficient (Wildman–Crippen LogP) is 3.83. The second-order valence-corrected chi connectivity index (χ2v) is 6.62. The van der Waals surface area contributed by atoms with Gasteiger partial charge < -0.3 is 0 Å². The standard InChI is InChI=1S/C20H18N4OS/c1-16-6-5-9-18(14-16)24-13-11-22-20(24)26-15-19(25)23(12-10-21)17-7-3-2-4-8-17/h2-9,11,13-14H,12,15H2,1H3. The second-order valence-electron chi connectivity index (χ2n) is 5.68. The zero-order valence-corrected chi connectivity index (χ0v) is 15.2. The largest absolute Gasteiger partial charge is 0.298 e. The maximum absolute atomic E-state index is 12.6. The molecular formula is C20H18N4OS. The lowest BCUT2D eigenvalue weighted by Gasteiger charge is -2.19. The fourth-order valence-corrected chi connectivity index (χ4v) is 3.43. The Labute approximate surface area is 156 Å². The van der Waals surface area contributed by atoms with Crippen LogP contribution < -0.4 is 4.90 Å². The van der Waals surface area contributed by atoms with Crippen LogP contribution in [0, 0.1) is 18.3 Å². The first-order chi connectivity index (χ1) is 12.7. The Balaban J connectivity index is 1.74. The Kier molecular flexibility index (Phi) is 5.72. The molecule has 0 aliphatic rings. The maximum atomic E-state index is 12.6. The van der Waals surface area contributed by atoms with Crippen molar-refractivity contribution in [3.63, 3.8) is 0 Å². The minimum absolute atomic E-state index is 0.0235. The number of para-hydroxylation sites is 1. The van der Waals surface area contributed by atoms with Gasteiger partial charge in [0.15, 0.2) is 5.16 Å². The summed E-state index contributed by atoms with van der Waals surface area (Å²) in [5.74, 6) is 0.0842. The summed E-state index contributed by atoms with van der Waals surface area (Å²) in [7, 11) is 0. The number of amides is 1. The number of hydrogen-bond acceptors (Lipinski definition) is 4. The van der Waals surface area contributed by atoms with Gasteiger partial charge in [0.05, 0.1) is 11.8 Å². The first kappa shape index (κ1) is 17.8. The number of benzene rings is 2. The number of nitrogens with zero attached hydrogens (tertiary/aromatic N) is 4. The van der Waals surface area contributed by atoms with E-state index in [2.05, 4.69) is 17.1 Å². The first-order valence-electron chi connectivity index (χ1n) is 8.14. The Morgan fingerprint density at radius 2 is 2.04 bits per heavy atom. The topological polar surface area (TPSA) is 61.9 Å². The Morgan fingerprint density at radius 3 is 2.77 bits per heavy atom. The summed E-state index contributed by atoms with van der Waals surface area (Å²) in [6.07, 6.45) is 3.60. The lowest BCUT2D eigenvalue weighted by atomic mass is 10.2. The Morgan fingerprint density at radius 1 is 1.23 bits per heavy atom. The summed E-state index contributed by atoms with van der Waals surface area (Å²) < 4.78 is 1.96. The molecule has 2 aromatic carbocycles. The molecule has 5 nitrogen and oxygen atoms in total. The molecule has 0 saturated heterocycles. The van der Waals surface area contributed by atoms with Gasteiger partial charge in [-0.25, -0.2) is 4.98 Å². The van der Waals surface area contributed by atoms with Gasteiger partial charge in [0.1, 0.15) is 6.54 Å². The molecule has 6 heteroatoms. The Bertz CT molecular complexity index is 930. The molecule has 0 bridgehead atoms. The van der Waals surface area contributed by atoms with Crippen molar-refractivity contribution in [2.24, 2.45) is 0 Å². The van der Waals surface area contributed by atoms with Gasteiger partial charge in [0.2, 0.25) is 5.91 Å². The van der Waals surface area contributed by atoms with Gasteiger partial charge in [-0.3, -0.25) is 14.3 Å². The molecule has 3 rings (SSSR count). The highest BCUT2D eigenvalue weighted by molar-refractivity contribution is 7.99. The summed E-state index contributed by atoms with van der Waals surface area (Å²) in [5, 5.41) is 9.80. The molecule has 3 aromatic rings. The number of rotatable bonds is 6. The van der Waals surface area contributed by atoms with E-state index in [1.807, 2.05) is 66.2 Å². The summed E-state index contributed by atoms with van der Waals surface area (Å²) >= 11 is 1.36. The molecule has 0 atom stereocenters. The fourth-order valence-electron chi connectivity index (χ4n) is 2.58. The summed E-state index contributed by atoms with van der Waals surface area (Å²) in [6, 6.07) is 19.4. The van der Waals surface area contributed by atoms with Crippen molar-refractivity contribution in [2.45, 2.75) is 12.1 Å². The molecule has 0 spiro atoms. The quantitative estimate of drug-likeness (QED) is 0.494. The number of nitriles is 1. The summed E-state index contributed by atoms with van der Waals surface area (Å²) in [5.41, 5.74) is 2.89. The highest BCUT2D eigenvalue weighted by atomic mass is 32.2. The molecule has 0 aliphatic heterocycles. The van der Waals surface area contributed by atoms with E-state index in [0.29, 0.717) is 0 Å². The average Bonchev–Trinajstić information content (AvgIpc) is 3.13. The lowest BCUT2D eigenvalue weighted by Crippen LogP contribution is -2.32. The molecule has 0 N–H and O–H groups in total. The van der Waals surface area contributed by atoms with Crippen LogP contribution in [0.3, 0.4) is 0 Å². The molecule has 1 amide bonds. The van der Waals surface area contributed by atoms with E-state index >= 15 is 0 Å². The van der Waals surface area contributed by atoms with Crippen LogP contribution in [0.5, 0.6) is 0 Å². The van der Waals surface area contributed by atoms with Crippen LogP contribution in [0.1, 0.15) is 5.56 Å². The van der Waals surface area contributed by atoms with Crippen molar-refractivity contribution >= 4 is 23.4 Å². The van der Waals surface area contributed by atoms with E-state index in [1.165, 1.54) is 16.7 Å². The van der Waals surface area contributed by atoms with Crippen LogP contribution in [0.4, 0.5) is 5.69 Å². The molecule has 0 unspecified atom stereocenters. The first-order valence-corrected chi connectivity index (χ1v) is 9.13. The van der Waals surface area contributed by atoms with Crippen LogP contribution in [-0.2, 0) is 4.79 Å². The number of thioether (sulfide) groups is 1. The number of carbonyl (C=O) groups is 1. The SMILES string of the molecule is Cc1cccc(-n2ccnc2SCC(=O)N(CC#N)c2ccccc2)c1.